The summed E-state index contributed by atoms with van der Waals surface area (Å²) in [4.78, 5) is 0. The van der Waals surface area contributed by atoms with Crippen LogP contribution >= 0.6 is 0 Å². The topological polar surface area (TPSA) is 68.3 Å². The summed E-state index contributed by atoms with van der Waals surface area (Å²) in [6.07, 6.45) is 8.27. The third kappa shape index (κ3) is 3.21. The maximum Gasteiger partial charge on any atom is 0.170 e. The Balaban J connectivity index is 2.17. The maximum absolute atomic E-state index is 12.6. The molecule has 0 spiro atoms. The van der Waals surface area contributed by atoms with Crippen molar-refractivity contribution in [3.63, 3.8) is 0 Å². The molecule has 0 aliphatic heterocycles. The third-order valence-electron chi connectivity index (χ3n) is 4.96. The van der Waals surface area contributed by atoms with Gasteiger partial charge in [0.2, 0.25) is 0 Å². The highest BCUT2D eigenvalue weighted by atomic mass is 32.3. The zero-order chi connectivity index (χ0) is 14.8. The van der Waals surface area contributed by atoms with Crippen LogP contribution in [0.15, 0.2) is 0 Å². The zero-order valence-corrected chi connectivity index (χ0v) is 13.9. The first kappa shape index (κ1) is 16.3. The summed E-state index contributed by atoms with van der Waals surface area (Å²) in [5.74, 6) is 0. The molecule has 20 heavy (non-hydrogen) atoms. The molecule has 2 saturated carbocycles. The molecule has 0 saturated heterocycles. The van der Waals surface area contributed by atoms with Crippen molar-refractivity contribution in [2.24, 2.45) is 0 Å². The highest BCUT2D eigenvalue weighted by Gasteiger charge is 2.43. The Labute approximate surface area is 123 Å². The van der Waals surface area contributed by atoms with Crippen LogP contribution in [-0.2, 0) is 19.7 Å². The number of sulfone groups is 2. The lowest BCUT2D eigenvalue weighted by atomic mass is 10.0. The van der Waals surface area contributed by atoms with E-state index in [-0.39, 0.29) is 0 Å². The molecule has 0 aromatic rings. The van der Waals surface area contributed by atoms with E-state index in [4.69, 9.17) is 0 Å². The molecule has 118 valence electrons. The Morgan fingerprint density at radius 3 is 1.25 bits per heavy atom. The van der Waals surface area contributed by atoms with E-state index in [1.165, 1.54) is 6.92 Å². The van der Waals surface area contributed by atoms with Gasteiger partial charge in [0.05, 0.1) is 10.5 Å². The smallest absolute Gasteiger partial charge is 0.170 e. The van der Waals surface area contributed by atoms with Crippen LogP contribution in [0.3, 0.4) is 0 Å². The van der Waals surface area contributed by atoms with Gasteiger partial charge >= 0.3 is 0 Å². The van der Waals surface area contributed by atoms with Crippen molar-refractivity contribution in [1.82, 2.24) is 0 Å². The molecule has 0 aromatic heterocycles. The molecule has 0 aromatic carbocycles. The minimum Gasteiger partial charge on any atom is -0.227 e. The van der Waals surface area contributed by atoms with Crippen molar-refractivity contribution in [3.8, 4) is 0 Å². The van der Waals surface area contributed by atoms with Crippen molar-refractivity contribution >= 4 is 19.7 Å². The predicted octanol–water partition coefficient (Wildman–Crippen LogP) is 2.83. The summed E-state index contributed by atoms with van der Waals surface area (Å²) >= 11 is 0. The Hall–Kier alpha value is -0.100. The molecule has 0 radical (unpaired) electrons. The molecule has 2 rings (SSSR count). The van der Waals surface area contributed by atoms with Crippen LogP contribution in [0.25, 0.3) is 0 Å². The SMILES string of the molecule is CC(S(=O)(=O)C1CCCCC1)S(=O)(=O)C1CCCCC1. The summed E-state index contributed by atoms with van der Waals surface area (Å²) in [7, 11) is -7.11. The molecule has 4 nitrogen and oxygen atoms in total. The predicted molar refractivity (Wildman–Crippen MR) is 81.0 cm³/mol. The molecule has 2 aliphatic carbocycles. The van der Waals surface area contributed by atoms with Crippen molar-refractivity contribution in [2.45, 2.75) is 86.2 Å². The van der Waals surface area contributed by atoms with Gasteiger partial charge in [0, 0.05) is 0 Å². The average molecular weight is 322 g/mol. The van der Waals surface area contributed by atoms with E-state index < -0.39 is 34.8 Å². The van der Waals surface area contributed by atoms with Crippen molar-refractivity contribution in [2.75, 3.05) is 0 Å². The van der Waals surface area contributed by atoms with E-state index in [0.717, 1.165) is 38.5 Å². The first-order chi connectivity index (χ1) is 9.37. The molecular formula is C14H26O4S2. The van der Waals surface area contributed by atoms with E-state index in [1.807, 2.05) is 0 Å². The monoisotopic (exact) mass is 322 g/mol. The summed E-state index contributed by atoms with van der Waals surface area (Å²) in [6, 6.07) is 0. The molecule has 0 heterocycles. The highest BCUT2D eigenvalue weighted by molar-refractivity contribution is 8.09. The lowest BCUT2D eigenvalue weighted by Gasteiger charge is -2.29. The summed E-state index contributed by atoms with van der Waals surface area (Å²) in [6.45, 7) is 1.40. The average Bonchev–Trinajstić information content (AvgIpc) is 2.48. The van der Waals surface area contributed by atoms with Gasteiger partial charge < -0.3 is 0 Å². The van der Waals surface area contributed by atoms with Gasteiger partial charge in [-0.25, -0.2) is 16.8 Å². The lowest BCUT2D eigenvalue weighted by molar-refractivity contribution is 0.473. The van der Waals surface area contributed by atoms with Gasteiger partial charge in [-0.3, -0.25) is 0 Å². The summed E-state index contributed by atoms with van der Waals surface area (Å²) < 4.78 is 49.2. The first-order valence-corrected chi connectivity index (χ1v) is 11.0. The molecule has 2 fully saturated rings. The van der Waals surface area contributed by atoms with Crippen LogP contribution < -0.4 is 0 Å². The molecule has 0 bridgehead atoms. The normalized spacial score (nSPS) is 24.1. The zero-order valence-electron chi connectivity index (χ0n) is 12.3. The van der Waals surface area contributed by atoms with Gasteiger partial charge in [0.25, 0.3) is 0 Å². The van der Waals surface area contributed by atoms with Crippen molar-refractivity contribution in [3.05, 3.63) is 0 Å². The highest BCUT2D eigenvalue weighted by Crippen LogP contribution is 2.32. The summed E-state index contributed by atoms with van der Waals surface area (Å²) in [5, 5.41) is -0.880. The van der Waals surface area contributed by atoms with Crippen LogP contribution in [0.5, 0.6) is 0 Å². The lowest BCUT2D eigenvalue weighted by Crippen LogP contribution is -2.41. The van der Waals surface area contributed by atoms with Gasteiger partial charge in [0.1, 0.15) is 0 Å². The molecule has 0 amide bonds. The first-order valence-electron chi connectivity index (χ1n) is 7.82. The molecule has 6 heteroatoms. The van der Waals surface area contributed by atoms with Crippen molar-refractivity contribution in [1.29, 1.82) is 0 Å². The largest absolute Gasteiger partial charge is 0.227 e. The fraction of sp³-hybridized carbons (Fsp3) is 1.00. The van der Waals surface area contributed by atoms with E-state index in [1.54, 1.807) is 0 Å². The molecular weight excluding hydrogens is 296 g/mol. The second kappa shape index (κ2) is 6.34. The van der Waals surface area contributed by atoms with E-state index >= 15 is 0 Å². The molecule has 0 N–H and O–H groups in total. The van der Waals surface area contributed by atoms with E-state index in [0.29, 0.717) is 25.7 Å². The van der Waals surface area contributed by atoms with Crippen LogP contribution in [0.1, 0.15) is 71.1 Å². The Morgan fingerprint density at radius 2 is 0.950 bits per heavy atom. The van der Waals surface area contributed by atoms with Gasteiger partial charge in [-0.05, 0) is 32.6 Å². The Morgan fingerprint density at radius 1 is 0.650 bits per heavy atom. The number of hydrogen-bond acceptors (Lipinski definition) is 4. The third-order valence-corrected chi connectivity index (χ3v) is 11.2. The molecule has 0 atom stereocenters. The Bertz CT molecular complexity index is 461. The van der Waals surface area contributed by atoms with Crippen LogP contribution in [0.4, 0.5) is 0 Å². The summed E-state index contributed by atoms with van der Waals surface area (Å²) in [5.41, 5.74) is 0. The van der Waals surface area contributed by atoms with E-state index in [2.05, 4.69) is 0 Å². The fourth-order valence-corrected chi connectivity index (χ4v) is 9.02. The quantitative estimate of drug-likeness (QED) is 0.798. The maximum atomic E-state index is 12.6. The minimum atomic E-state index is -3.56. The van der Waals surface area contributed by atoms with Gasteiger partial charge in [-0.1, -0.05) is 38.5 Å². The molecule has 2 aliphatic rings. The van der Waals surface area contributed by atoms with Crippen LogP contribution in [0.2, 0.25) is 0 Å². The van der Waals surface area contributed by atoms with Gasteiger partial charge in [-0.15, -0.1) is 0 Å². The Kier molecular flexibility index (Phi) is 5.16. The van der Waals surface area contributed by atoms with Crippen LogP contribution in [-0.4, -0.2) is 31.9 Å². The van der Waals surface area contributed by atoms with Gasteiger partial charge in [0.15, 0.2) is 24.3 Å². The second-order valence-corrected chi connectivity index (χ2v) is 11.7. The molecule has 0 unspecified atom stereocenters. The minimum absolute atomic E-state index is 0.440. The second-order valence-electron chi connectivity index (χ2n) is 6.27. The fourth-order valence-electron chi connectivity index (χ4n) is 3.52. The number of rotatable bonds is 4. The van der Waals surface area contributed by atoms with Gasteiger partial charge in [-0.2, -0.15) is 0 Å². The number of hydrogen-bond donors (Lipinski definition) is 0. The van der Waals surface area contributed by atoms with Crippen LogP contribution in [0, 0.1) is 0 Å². The standard InChI is InChI=1S/C14H26O4S2/c1-12(19(15,16)13-8-4-2-5-9-13)20(17,18)14-10-6-3-7-11-14/h12-14H,2-11H2,1H3. The van der Waals surface area contributed by atoms with Crippen molar-refractivity contribution < 1.29 is 16.8 Å². The van der Waals surface area contributed by atoms with E-state index in [9.17, 15) is 16.8 Å².